The molecule has 0 spiro atoms. The van der Waals surface area contributed by atoms with Gasteiger partial charge >= 0.3 is 11.6 Å². The van der Waals surface area contributed by atoms with E-state index in [2.05, 4.69) is 29.4 Å². The van der Waals surface area contributed by atoms with Gasteiger partial charge in [0.1, 0.15) is 5.56 Å². The lowest BCUT2D eigenvalue weighted by Gasteiger charge is -2.05. The van der Waals surface area contributed by atoms with Crippen LogP contribution in [0, 0.1) is 0 Å². The summed E-state index contributed by atoms with van der Waals surface area (Å²) in [4.78, 5) is 26.1. The molecule has 0 aliphatic heterocycles. The fraction of sp³-hybridized carbons (Fsp3) is 0.217. The maximum Gasteiger partial charge on any atom is 0.349 e. The van der Waals surface area contributed by atoms with Crippen molar-refractivity contribution in [1.29, 1.82) is 0 Å². The van der Waals surface area contributed by atoms with Gasteiger partial charge in [-0.3, -0.25) is 10.1 Å². The largest absolute Gasteiger partial charge is 0.493 e. The number of methoxy groups -OCH3 is 1. The van der Waals surface area contributed by atoms with Gasteiger partial charge < -0.3 is 13.6 Å². The minimum Gasteiger partial charge on any atom is -0.493 e. The summed E-state index contributed by atoms with van der Waals surface area (Å²) in [5, 5.41) is 11.3. The van der Waals surface area contributed by atoms with Crippen molar-refractivity contribution in [2.45, 2.75) is 30.4 Å². The summed E-state index contributed by atoms with van der Waals surface area (Å²) < 4.78 is 16.0. The average molecular weight is 452 g/mol. The van der Waals surface area contributed by atoms with Crippen LogP contribution < -0.4 is 15.7 Å². The van der Waals surface area contributed by atoms with Gasteiger partial charge in [-0.05, 0) is 29.8 Å². The topological polar surface area (TPSA) is 107 Å². The van der Waals surface area contributed by atoms with Crippen LogP contribution in [0.3, 0.4) is 0 Å². The van der Waals surface area contributed by atoms with E-state index in [4.69, 9.17) is 13.6 Å². The monoisotopic (exact) mass is 451 g/mol. The number of aromatic nitrogens is 2. The van der Waals surface area contributed by atoms with Crippen LogP contribution in [-0.4, -0.2) is 28.5 Å². The second-order valence-electron chi connectivity index (χ2n) is 7.27. The van der Waals surface area contributed by atoms with E-state index < -0.39 is 11.5 Å². The van der Waals surface area contributed by atoms with Gasteiger partial charge in [0.2, 0.25) is 5.89 Å². The van der Waals surface area contributed by atoms with Crippen molar-refractivity contribution in [2.75, 3.05) is 12.4 Å². The third kappa shape index (κ3) is 4.83. The van der Waals surface area contributed by atoms with Gasteiger partial charge in [-0.25, -0.2) is 4.79 Å². The first-order valence-corrected chi connectivity index (χ1v) is 10.8. The smallest absolute Gasteiger partial charge is 0.349 e. The van der Waals surface area contributed by atoms with Crippen LogP contribution in [0.1, 0.15) is 35.7 Å². The van der Waals surface area contributed by atoms with Crippen molar-refractivity contribution in [1.82, 2.24) is 10.2 Å². The first kappa shape index (κ1) is 21.6. The molecule has 8 nitrogen and oxygen atoms in total. The highest BCUT2D eigenvalue weighted by molar-refractivity contribution is 7.99. The molecule has 4 aromatic rings. The highest BCUT2D eigenvalue weighted by atomic mass is 32.2. The van der Waals surface area contributed by atoms with Crippen LogP contribution in [0.2, 0.25) is 0 Å². The average Bonchev–Trinajstić information content (AvgIpc) is 3.20. The summed E-state index contributed by atoms with van der Waals surface area (Å²) in [5.74, 6) is 0.0533. The lowest BCUT2D eigenvalue weighted by molar-refractivity contribution is 0.102. The predicted octanol–water partition coefficient (Wildman–Crippen LogP) is 4.53. The van der Waals surface area contributed by atoms with Gasteiger partial charge in [0, 0.05) is 15.5 Å². The number of amides is 1. The van der Waals surface area contributed by atoms with Gasteiger partial charge in [-0.1, -0.05) is 43.2 Å². The summed E-state index contributed by atoms with van der Waals surface area (Å²) in [6.45, 7) is 4.29. The van der Waals surface area contributed by atoms with Gasteiger partial charge in [0.15, 0.2) is 11.3 Å². The molecule has 164 valence electrons. The molecular formula is C23H21N3O5S. The third-order valence-corrected chi connectivity index (χ3v) is 5.54. The van der Waals surface area contributed by atoms with Crippen LogP contribution >= 0.6 is 11.8 Å². The Hall–Kier alpha value is -3.59. The number of carbonyl (C=O) groups excluding carboxylic acids is 1. The van der Waals surface area contributed by atoms with Crippen LogP contribution in [0.25, 0.3) is 11.0 Å². The van der Waals surface area contributed by atoms with Gasteiger partial charge in [-0.15, -0.1) is 16.9 Å². The molecule has 32 heavy (non-hydrogen) atoms. The lowest BCUT2D eigenvalue weighted by atomic mass is 10.1. The zero-order valence-electron chi connectivity index (χ0n) is 17.7. The molecule has 4 rings (SSSR count). The molecule has 0 aliphatic carbocycles. The standard InChI is InChI=1S/C23H21N3O5S/c1-13(2)32-16-9-7-14(8-10-16)11-19-25-26-23(30-19)24-21(27)17-12-15-5-4-6-18(29-3)20(15)31-22(17)28/h4-10,12-13H,11H2,1-3H3,(H,24,26,27). The number of fused-ring (bicyclic) bond motifs is 1. The van der Waals surface area contributed by atoms with Crippen molar-refractivity contribution < 1.29 is 18.4 Å². The van der Waals surface area contributed by atoms with E-state index in [-0.39, 0.29) is 17.2 Å². The van der Waals surface area contributed by atoms with Crippen molar-refractivity contribution in [3.8, 4) is 5.75 Å². The van der Waals surface area contributed by atoms with E-state index in [1.807, 2.05) is 24.3 Å². The highest BCUT2D eigenvalue weighted by Crippen LogP contribution is 2.25. The molecular weight excluding hydrogens is 430 g/mol. The molecule has 0 saturated carbocycles. The molecule has 0 unspecified atom stereocenters. The number of ether oxygens (including phenoxy) is 1. The molecule has 2 aromatic heterocycles. The number of nitrogens with zero attached hydrogens (tertiary/aromatic N) is 2. The lowest BCUT2D eigenvalue weighted by Crippen LogP contribution is -2.20. The quantitative estimate of drug-likeness (QED) is 0.323. The Morgan fingerprint density at radius 1 is 1.12 bits per heavy atom. The number of carbonyl (C=O) groups is 1. The first-order valence-electron chi connectivity index (χ1n) is 9.93. The molecule has 2 aromatic carbocycles. The number of hydrogen-bond acceptors (Lipinski definition) is 8. The number of thioether (sulfide) groups is 1. The second-order valence-corrected chi connectivity index (χ2v) is 8.92. The fourth-order valence-electron chi connectivity index (χ4n) is 3.11. The third-order valence-electron chi connectivity index (χ3n) is 4.53. The molecule has 0 saturated heterocycles. The Bertz CT molecular complexity index is 1310. The molecule has 1 amide bonds. The highest BCUT2D eigenvalue weighted by Gasteiger charge is 2.18. The van der Waals surface area contributed by atoms with E-state index in [0.29, 0.717) is 28.7 Å². The first-order chi connectivity index (χ1) is 15.4. The van der Waals surface area contributed by atoms with Gasteiger partial charge in [0.05, 0.1) is 13.5 Å². The predicted molar refractivity (Wildman–Crippen MR) is 122 cm³/mol. The summed E-state index contributed by atoms with van der Waals surface area (Å²) in [6, 6.07) is 14.6. The van der Waals surface area contributed by atoms with E-state index in [1.165, 1.54) is 18.1 Å². The SMILES string of the molecule is COc1cccc2cc(C(=O)Nc3nnc(Cc4ccc(SC(C)C)cc4)o3)c(=O)oc12. The summed E-state index contributed by atoms with van der Waals surface area (Å²) in [6.07, 6.45) is 0.424. The number of rotatable bonds is 7. The van der Waals surface area contributed by atoms with E-state index in [0.717, 1.165) is 5.56 Å². The van der Waals surface area contributed by atoms with Crippen molar-refractivity contribution in [2.24, 2.45) is 0 Å². The number of anilines is 1. The number of nitrogens with one attached hydrogen (secondary N) is 1. The number of benzene rings is 2. The Kier molecular flexibility index (Phi) is 6.27. The van der Waals surface area contributed by atoms with Crippen molar-refractivity contribution in [3.05, 3.63) is 76.0 Å². The Morgan fingerprint density at radius 2 is 1.91 bits per heavy atom. The molecule has 1 N–H and O–H groups in total. The minimum absolute atomic E-state index is 0.0953. The molecule has 0 aliphatic rings. The second kappa shape index (κ2) is 9.27. The maximum absolute atomic E-state index is 12.6. The van der Waals surface area contributed by atoms with E-state index in [9.17, 15) is 9.59 Å². The van der Waals surface area contributed by atoms with Crippen molar-refractivity contribution in [3.63, 3.8) is 0 Å². The van der Waals surface area contributed by atoms with E-state index >= 15 is 0 Å². The van der Waals surface area contributed by atoms with Gasteiger partial charge in [0.25, 0.3) is 5.91 Å². The number of para-hydroxylation sites is 1. The Labute approximate surface area is 188 Å². The molecule has 9 heteroatoms. The summed E-state index contributed by atoms with van der Waals surface area (Å²) in [5.41, 5.74) is 0.306. The van der Waals surface area contributed by atoms with E-state index in [1.54, 1.807) is 30.0 Å². The van der Waals surface area contributed by atoms with Crippen LogP contribution in [0.4, 0.5) is 6.01 Å². The molecule has 0 fully saturated rings. The Morgan fingerprint density at radius 3 is 2.62 bits per heavy atom. The zero-order chi connectivity index (χ0) is 22.7. The van der Waals surface area contributed by atoms with Crippen molar-refractivity contribution >= 4 is 34.7 Å². The Balaban J connectivity index is 1.47. The normalized spacial score (nSPS) is 11.1. The summed E-state index contributed by atoms with van der Waals surface area (Å²) in [7, 11) is 1.47. The maximum atomic E-state index is 12.6. The van der Waals surface area contributed by atoms with Crippen LogP contribution in [0.5, 0.6) is 5.75 Å². The molecule has 2 heterocycles. The van der Waals surface area contributed by atoms with Gasteiger partial charge in [-0.2, -0.15) is 0 Å². The molecule has 0 radical (unpaired) electrons. The molecule has 0 atom stereocenters. The minimum atomic E-state index is -0.793. The molecule has 0 bridgehead atoms. The number of hydrogen-bond donors (Lipinski definition) is 1. The zero-order valence-corrected chi connectivity index (χ0v) is 18.6. The summed E-state index contributed by atoms with van der Waals surface area (Å²) >= 11 is 1.79. The van der Waals surface area contributed by atoms with Crippen LogP contribution in [-0.2, 0) is 6.42 Å². The fourth-order valence-corrected chi connectivity index (χ4v) is 3.95. The van der Waals surface area contributed by atoms with Crippen LogP contribution in [0.15, 0.2) is 67.1 Å².